The monoisotopic (exact) mass is 330 g/mol. The van der Waals surface area contributed by atoms with Crippen LogP contribution in [-0.4, -0.2) is 36.9 Å². The molecule has 23 heavy (non-hydrogen) atoms. The van der Waals surface area contributed by atoms with Crippen molar-refractivity contribution in [2.45, 2.75) is 19.0 Å². The van der Waals surface area contributed by atoms with Crippen molar-refractivity contribution in [2.24, 2.45) is 0 Å². The highest BCUT2D eigenvalue weighted by atomic mass is 32.2. The number of nitrogens with one attached hydrogen (secondary N) is 1. The molecule has 1 aromatic carbocycles. The summed E-state index contributed by atoms with van der Waals surface area (Å²) in [6.07, 6.45) is 1.47. The van der Waals surface area contributed by atoms with Crippen molar-refractivity contribution in [3.05, 3.63) is 41.8 Å². The zero-order valence-electron chi connectivity index (χ0n) is 12.6. The van der Waals surface area contributed by atoms with E-state index in [0.29, 0.717) is 10.9 Å². The highest BCUT2D eigenvalue weighted by Crippen LogP contribution is 2.19. The largest absolute Gasteiger partial charge is 0.432 e. The van der Waals surface area contributed by atoms with E-state index in [9.17, 15) is 4.79 Å². The first kappa shape index (κ1) is 15.2. The number of aryl methyl sites for hydroxylation is 2. The molecule has 9 heteroatoms. The fourth-order valence-corrected chi connectivity index (χ4v) is 2.58. The molecule has 0 fully saturated rings. The number of benzene rings is 1. The molecule has 2 heterocycles. The van der Waals surface area contributed by atoms with Crippen LogP contribution in [0.5, 0.6) is 0 Å². The van der Waals surface area contributed by atoms with Gasteiger partial charge in [0.25, 0.3) is 0 Å². The predicted octanol–water partition coefficient (Wildman–Crippen LogP) is 2.00. The van der Waals surface area contributed by atoms with Crippen molar-refractivity contribution >= 4 is 23.7 Å². The van der Waals surface area contributed by atoms with Crippen molar-refractivity contribution < 1.29 is 9.21 Å². The van der Waals surface area contributed by atoms with Crippen molar-refractivity contribution in [3.63, 3.8) is 0 Å². The average molecular weight is 330 g/mol. The van der Waals surface area contributed by atoms with Crippen molar-refractivity contribution in [2.75, 3.05) is 11.1 Å². The fourth-order valence-electron chi connectivity index (χ4n) is 1.89. The second-order valence-corrected chi connectivity index (χ2v) is 5.79. The van der Waals surface area contributed by atoms with Gasteiger partial charge in [0.05, 0.1) is 17.1 Å². The van der Waals surface area contributed by atoms with Gasteiger partial charge in [0, 0.05) is 0 Å². The summed E-state index contributed by atoms with van der Waals surface area (Å²) in [6.45, 7) is 3.77. The van der Waals surface area contributed by atoms with Crippen LogP contribution < -0.4 is 5.32 Å². The number of nitrogens with zero attached hydrogens (tertiary/aromatic N) is 5. The number of rotatable bonds is 5. The zero-order chi connectivity index (χ0) is 16.2. The predicted molar refractivity (Wildman–Crippen MR) is 84.5 cm³/mol. The fraction of sp³-hybridized carbons (Fsp3) is 0.214. The minimum Gasteiger partial charge on any atom is -0.432 e. The lowest BCUT2D eigenvalue weighted by Crippen LogP contribution is -2.14. The molecule has 2 aromatic heterocycles. The Hall–Kier alpha value is -2.68. The Bertz CT molecular complexity index is 828. The molecule has 0 atom stereocenters. The maximum absolute atomic E-state index is 11.9. The van der Waals surface area contributed by atoms with Crippen LogP contribution in [0.3, 0.4) is 0 Å². The highest BCUT2D eigenvalue weighted by Gasteiger charge is 2.13. The van der Waals surface area contributed by atoms with E-state index >= 15 is 0 Å². The maximum Gasteiger partial charge on any atom is 0.301 e. The number of tetrazole rings is 1. The Morgan fingerprint density at radius 2 is 2.26 bits per heavy atom. The van der Waals surface area contributed by atoms with Gasteiger partial charge < -0.3 is 4.42 Å². The Morgan fingerprint density at radius 1 is 1.39 bits per heavy atom. The van der Waals surface area contributed by atoms with Crippen LogP contribution in [0.2, 0.25) is 0 Å². The molecule has 3 aromatic rings. The zero-order valence-corrected chi connectivity index (χ0v) is 13.4. The summed E-state index contributed by atoms with van der Waals surface area (Å²) in [5, 5.41) is 14.7. The number of thioether (sulfide) groups is 1. The van der Waals surface area contributed by atoms with Gasteiger partial charge in [0.15, 0.2) is 0 Å². The van der Waals surface area contributed by atoms with Crippen LogP contribution in [-0.2, 0) is 4.79 Å². The Morgan fingerprint density at radius 3 is 3.00 bits per heavy atom. The van der Waals surface area contributed by atoms with Gasteiger partial charge in [-0.15, -0.1) is 5.10 Å². The minimum atomic E-state index is -0.240. The van der Waals surface area contributed by atoms with E-state index in [4.69, 9.17) is 4.42 Å². The molecule has 0 aliphatic rings. The molecular weight excluding hydrogens is 316 g/mol. The van der Waals surface area contributed by atoms with Gasteiger partial charge in [0.2, 0.25) is 11.1 Å². The van der Waals surface area contributed by atoms with E-state index < -0.39 is 0 Å². The molecular formula is C14H14N6O2S. The van der Waals surface area contributed by atoms with Crippen LogP contribution in [0.15, 0.2) is 40.1 Å². The number of carbonyl (C=O) groups is 1. The molecule has 0 aliphatic carbocycles. The third-order valence-electron chi connectivity index (χ3n) is 2.88. The lowest BCUT2D eigenvalue weighted by atomic mass is 10.2. The molecule has 0 saturated heterocycles. The van der Waals surface area contributed by atoms with E-state index in [-0.39, 0.29) is 17.7 Å². The lowest BCUT2D eigenvalue weighted by molar-refractivity contribution is -0.113. The minimum absolute atomic E-state index is 0.146. The van der Waals surface area contributed by atoms with E-state index in [2.05, 4.69) is 25.8 Å². The van der Waals surface area contributed by atoms with Crippen LogP contribution >= 0.6 is 11.8 Å². The number of hydrogen-bond acceptors (Lipinski definition) is 7. The molecule has 0 aliphatic heterocycles. The van der Waals surface area contributed by atoms with E-state index in [0.717, 1.165) is 11.3 Å². The van der Waals surface area contributed by atoms with Gasteiger partial charge in [-0.2, -0.15) is 9.67 Å². The van der Waals surface area contributed by atoms with Crippen molar-refractivity contribution in [3.8, 4) is 5.69 Å². The molecule has 0 saturated carbocycles. The quantitative estimate of drug-likeness (QED) is 0.714. The summed E-state index contributed by atoms with van der Waals surface area (Å²) >= 11 is 1.23. The highest BCUT2D eigenvalue weighted by molar-refractivity contribution is 7.99. The molecule has 3 rings (SSSR count). The van der Waals surface area contributed by atoms with Crippen molar-refractivity contribution in [1.82, 2.24) is 25.2 Å². The molecule has 0 spiro atoms. The van der Waals surface area contributed by atoms with Gasteiger partial charge in [0.1, 0.15) is 6.26 Å². The van der Waals surface area contributed by atoms with E-state index in [1.54, 1.807) is 11.6 Å². The number of hydrogen-bond donors (Lipinski definition) is 1. The Balaban J connectivity index is 1.65. The normalized spacial score (nSPS) is 10.7. The number of amides is 1. The Kier molecular flexibility index (Phi) is 4.38. The molecule has 118 valence electrons. The van der Waals surface area contributed by atoms with Crippen LogP contribution in [0.4, 0.5) is 6.01 Å². The lowest BCUT2D eigenvalue weighted by Gasteiger charge is -2.04. The summed E-state index contributed by atoms with van der Waals surface area (Å²) < 4.78 is 6.68. The summed E-state index contributed by atoms with van der Waals surface area (Å²) in [7, 11) is 0. The second-order valence-electron chi connectivity index (χ2n) is 4.84. The first-order chi connectivity index (χ1) is 11.1. The maximum atomic E-state index is 11.9. The van der Waals surface area contributed by atoms with Gasteiger partial charge in [-0.05, 0) is 42.0 Å². The van der Waals surface area contributed by atoms with E-state index in [1.165, 1.54) is 18.0 Å². The van der Waals surface area contributed by atoms with Gasteiger partial charge in [-0.3, -0.25) is 10.1 Å². The van der Waals surface area contributed by atoms with Crippen LogP contribution in [0, 0.1) is 13.8 Å². The van der Waals surface area contributed by atoms with Gasteiger partial charge in [-0.1, -0.05) is 23.9 Å². The number of carbonyl (C=O) groups excluding carboxylic acids is 1. The Labute approximate surface area is 136 Å². The first-order valence-corrected chi connectivity index (χ1v) is 7.80. The van der Waals surface area contributed by atoms with Crippen molar-refractivity contribution in [1.29, 1.82) is 0 Å². The second kappa shape index (κ2) is 6.61. The topological polar surface area (TPSA) is 98.7 Å². The standard InChI is InChI=1S/C14H14N6O2S/c1-9-4-3-5-11(6-9)20-14(17-18-19-20)23-8-12(21)16-13-15-10(2)7-22-13/h3-7H,8H2,1-2H3,(H,15,16,21). The van der Waals surface area contributed by atoms with Gasteiger partial charge >= 0.3 is 6.01 Å². The van der Waals surface area contributed by atoms with Gasteiger partial charge in [-0.25, -0.2) is 0 Å². The molecule has 0 unspecified atom stereocenters. The average Bonchev–Trinajstić information content (AvgIpc) is 3.14. The SMILES string of the molecule is Cc1cccc(-n2nnnc2SCC(=O)Nc2nc(C)co2)c1. The summed E-state index contributed by atoms with van der Waals surface area (Å²) in [5.74, 6) is -0.0937. The first-order valence-electron chi connectivity index (χ1n) is 6.82. The molecule has 0 bridgehead atoms. The molecule has 0 radical (unpaired) electrons. The third-order valence-corrected chi connectivity index (χ3v) is 3.80. The third kappa shape index (κ3) is 3.75. The summed E-state index contributed by atoms with van der Waals surface area (Å²) in [6, 6.07) is 7.98. The number of aromatic nitrogens is 5. The molecule has 1 amide bonds. The molecule has 1 N–H and O–H groups in total. The number of anilines is 1. The van der Waals surface area contributed by atoms with Crippen LogP contribution in [0.1, 0.15) is 11.3 Å². The summed E-state index contributed by atoms with van der Waals surface area (Å²) in [5.41, 5.74) is 2.66. The smallest absolute Gasteiger partial charge is 0.301 e. The molecule has 8 nitrogen and oxygen atoms in total. The van der Waals surface area contributed by atoms with Crippen LogP contribution in [0.25, 0.3) is 5.69 Å². The van der Waals surface area contributed by atoms with E-state index in [1.807, 2.05) is 31.2 Å². The number of oxazole rings is 1. The summed E-state index contributed by atoms with van der Waals surface area (Å²) in [4.78, 5) is 15.9.